The van der Waals surface area contributed by atoms with Crippen LogP contribution in [0.1, 0.15) is 25.3 Å². The fraction of sp³-hybridized carbons (Fsp3) is 0.625. The van der Waals surface area contributed by atoms with Crippen molar-refractivity contribution in [1.82, 2.24) is 5.32 Å². The summed E-state index contributed by atoms with van der Waals surface area (Å²) in [6.07, 6.45) is 3.78. The van der Waals surface area contributed by atoms with Gasteiger partial charge in [-0.2, -0.15) is 11.8 Å². The van der Waals surface area contributed by atoms with Crippen molar-refractivity contribution in [2.24, 2.45) is 5.92 Å². The minimum absolute atomic E-state index is 0.683. The van der Waals surface area contributed by atoms with Gasteiger partial charge in [-0.15, -0.1) is 0 Å². The summed E-state index contributed by atoms with van der Waals surface area (Å²) in [5.41, 5.74) is 1.41. The molecule has 1 saturated heterocycles. The number of methoxy groups -OCH3 is 1. The third-order valence-electron chi connectivity index (χ3n) is 3.90. The minimum Gasteiger partial charge on any atom is -0.497 e. The second-order valence-corrected chi connectivity index (χ2v) is 6.32. The van der Waals surface area contributed by atoms with E-state index in [-0.39, 0.29) is 0 Å². The van der Waals surface area contributed by atoms with E-state index in [9.17, 15) is 0 Å². The highest BCUT2D eigenvalue weighted by Gasteiger charge is 2.24. The fourth-order valence-electron chi connectivity index (χ4n) is 2.75. The summed E-state index contributed by atoms with van der Waals surface area (Å²) in [5.74, 6) is 4.48. The Morgan fingerprint density at radius 2 is 2.16 bits per heavy atom. The average molecular weight is 279 g/mol. The molecule has 3 heteroatoms. The highest BCUT2D eigenvalue weighted by Crippen LogP contribution is 2.28. The topological polar surface area (TPSA) is 21.3 Å². The van der Waals surface area contributed by atoms with Crippen LogP contribution < -0.4 is 10.1 Å². The molecular formula is C16H25NOS. The molecule has 2 unspecified atom stereocenters. The lowest BCUT2D eigenvalue weighted by Gasteiger charge is -2.23. The minimum atomic E-state index is 0.683. The number of rotatable bonds is 7. The zero-order valence-corrected chi connectivity index (χ0v) is 12.8. The first kappa shape index (κ1) is 14.7. The third-order valence-corrected chi connectivity index (χ3v) is 5.09. The summed E-state index contributed by atoms with van der Waals surface area (Å²) in [5, 5.41) is 3.68. The van der Waals surface area contributed by atoms with Crippen LogP contribution in [0.2, 0.25) is 0 Å². The standard InChI is InChI=1S/C16H25NOS/c1-3-17-16(14-10-11-19-12-14)9-6-13-4-7-15(18-2)8-5-13/h4-5,7-8,14,16-17H,3,6,9-12H2,1-2H3. The lowest BCUT2D eigenvalue weighted by molar-refractivity contribution is 0.368. The Morgan fingerprint density at radius 1 is 1.37 bits per heavy atom. The van der Waals surface area contributed by atoms with Crippen molar-refractivity contribution in [2.45, 2.75) is 32.2 Å². The van der Waals surface area contributed by atoms with E-state index in [2.05, 4.69) is 48.3 Å². The molecule has 1 fully saturated rings. The van der Waals surface area contributed by atoms with Gasteiger partial charge in [0.2, 0.25) is 0 Å². The molecule has 1 N–H and O–H groups in total. The smallest absolute Gasteiger partial charge is 0.118 e. The summed E-state index contributed by atoms with van der Waals surface area (Å²) >= 11 is 2.11. The Morgan fingerprint density at radius 3 is 2.74 bits per heavy atom. The Balaban J connectivity index is 1.86. The summed E-state index contributed by atoms with van der Waals surface area (Å²) in [6.45, 7) is 3.29. The first-order chi connectivity index (χ1) is 9.33. The van der Waals surface area contributed by atoms with Crippen LogP contribution in [0.5, 0.6) is 5.75 Å². The molecule has 106 valence electrons. The van der Waals surface area contributed by atoms with Gasteiger partial charge in [0.25, 0.3) is 0 Å². The van der Waals surface area contributed by atoms with Crippen LogP contribution in [-0.4, -0.2) is 31.2 Å². The molecule has 1 aliphatic rings. The maximum atomic E-state index is 5.20. The van der Waals surface area contributed by atoms with E-state index in [1.165, 1.54) is 29.9 Å². The molecule has 0 aliphatic carbocycles. The number of aryl methyl sites for hydroxylation is 1. The molecule has 0 bridgehead atoms. The SMILES string of the molecule is CCNC(CCc1ccc(OC)cc1)C1CCSC1. The van der Waals surface area contributed by atoms with Crippen molar-refractivity contribution in [3.8, 4) is 5.75 Å². The van der Waals surface area contributed by atoms with Crippen molar-refractivity contribution < 1.29 is 4.74 Å². The summed E-state index contributed by atoms with van der Waals surface area (Å²) < 4.78 is 5.20. The summed E-state index contributed by atoms with van der Waals surface area (Å²) in [7, 11) is 1.72. The highest BCUT2D eigenvalue weighted by molar-refractivity contribution is 7.99. The zero-order valence-electron chi connectivity index (χ0n) is 12.0. The summed E-state index contributed by atoms with van der Waals surface area (Å²) in [4.78, 5) is 0. The summed E-state index contributed by atoms with van der Waals surface area (Å²) in [6, 6.07) is 9.17. The van der Waals surface area contributed by atoms with Gasteiger partial charge in [0.05, 0.1) is 7.11 Å². The predicted octanol–water partition coefficient (Wildman–Crippen LogP) is 3.36. The van der Waals surface area contributed by atoms with Gasteiger partial charge in [0.15, 0.2) is 0 Å². The maximum absolute atomic E-state index is 5.20. The monoisotopic (exact) mass is 279 g/mol. The molecule has 2 atom stereocenters. The maximum Gasteiger partial charge on any atom is 0.118 e. The van der Waals surface area contributed by atoms with Gasteiger partial charge in [-0.3, -0.25) is 0 Å². The fourth-order valence-corrected chi connectivity index (χ4v) is 4.09. The molecule has 2 nitrogen and oxygen atoms in total. The molecule has 1 aliphatic heterocycles. The molecule has 0 amide bonds. The van der Waals surface area contributed by atoms with E-state index >= 15 is 0 Å². The molecular weight excluding hydrogens is 254 g/mol. The lowest BCUT2D eigenvalue weighted by Crippen LogP contribution is -2.36. The van der Waals surface area contributed by atoms with Crippen LogP contribution in [0, 0.1) is 5.92 Å². The number of nitrogens with one attached hydrogen (secondary N) is 1. The first-order valence-electron chi connectivity index (χ1n) is 7.27. The molecule has 0 aromatic heterocycles. The Bertz CT molecular complexity index is 360. The van der Waals surface area contributed by atoms with Crippen molar-refractivity contribution >= 4 is 11.8 Å². The predicted molar refractivity (Wildman–Crippen MR) is 84.2 cm³/mol. The number of hydrogen-bond donors (Lipinski definition) is 1. The molecule has 0 saturated carbocycles. The van der Waals surface area contributed by atoms with Crippen molar-refractivity contribution in [3.05, 3.63) is 29.8 Å². The van der Waals surface area contributed by atoms with Crippen LogP contribution in [0.15, 0.2) is 24.3 Å². The van der Waals surface area contributed by atoms with Crippen LogP contribution in [-0.2, 0) is 6.42 Å². The third kappa shape index (κ3) is 4.43. The number of hydrogen-bond acceptors (Lipinski definition) is 3. The number of benzene rings is 1. The van der Waals surface area contributed by atoms with Gasteiger partial charge in [0.1, 0.15) is 5.75 Å². The van der Waals surface area contributed by atoms with Crippen LogP contribution in [0.25, 0.3) is 0 Å². The molecule has 1 heterocycles. The lowest BCUT2D eigenvalue weighted by atomic mass is 9.93. The van der Waals surface area contributed by atoms with Gasteiger partial charge >= 0.3 is 0 Å². The van der Waals surface area contributed by atoms with E-state index in [0.29, 0.717) is 6.04 Å². The van der Waals surface area contributed by atoms with Gasteiger partial charge in [-0.05, 0) is 60.9 Å². The first-order valence-corrected chi connectivity index (χ1v) is 8.43. The quantitative estimate of drug-likeness (QED) is 0.827. The van der Waals surface area contributed by atoms with E-state index in [1.54, 1.807) is 7.11 Å². The number of thioether (sulfide) groups is 1. The van der Waals surface area contributed by atoms with Crippen LogP contribution in [0.4, 0.5) is 0 Å². The largest absolute Gasteiger partial charge is 0.497 e. The molecule has 0 spiro atoms. The van der Waals surface area contributed by atoms with E-state index in [4.69, 9.17) is 4.74 Å². The van der Waals surface area contributed by atoms with E-state index < -0.39 is 0 Å². The molecule has 1 aromatic carbocycles. The normalized spacial score (nSPS) is 20.4. The van der Waals surface area contributed by atoms with Crippen LogP contribution >= 0.6 is 11.8 Å². The molecule has 2 rings (SSSR count). The second-order valence-electron chi connectivity index (χ2n) is 5.17. The Hall–Kier alpha value is -0.670. The second kappa shape index (κ2) is 7.81. The van der Waals surface area contributed by atoms with Gasteiger partial charge in [-0.25, -0.2) is 0 Å². The van der Waals surface area contributed by atoms with Crippen molar-refractivity contribution in [1.29, 1.82) is 0 Å². The molecule has 1 aromatic rings. The van der Waals surface area contributed by atoms with Crippen LogP contribution in [0.3, 0.4) is 0 Å². The van der Waals surface area contributed by atoms with Crippen molar-refractivity contribution in [2.75, 3.05) is 25.2 Å². The van der Waals surface area contributed by atoms with E-state index in [0.717, 1.165) is 24.6 Å². The zero-order chi connectivity index (χ0) is 13.5. The van der Waals surface area contributed by atoms with Crippen molar-refractivity contribution in [3.63, 3.8) is 0 Å². The van der Waals surface area contributed by atoms with E-state index in [1.807, 2.05) is 0 Å². The van der Waals surface area contributed by atoms with Gasteiger partial charge in [0, 0.05) is 6.04 Å². The van der Waals surface area contributed by atoms with Gasteiger partial charge < -0.3 is 10.1 Å². The molecule has 0 radical (unpaired) electrons. The molecule has 19 heavy (non-hydrogen) atoms. The average Bonchev–Trinajstić information content (AvgIpc) is 2.98. The number of ether oxygens (including phenoxy) is 1. The Kier molecular flexibility index (Phi) is 6.05. The highest BCUT2D eigenvalue weighted by atomic mass is 32.2. The van der Waals surface area contributed by atoms with Gasteiger partial charge in [-0.1, -0.05) is 19.1 Å². The Labute approximate surface area is 121 Å².